The second kappa shape index (κ2) is 7.09. The fourth-order valence-corrected chi connectivity index (χ4v) is 3.04. The lowest BCUT2D eigenvalue weighted by Gasteiger charge is -2.19. The number of aliphatic hydroxyl groups is 1. The van der Waals surface area contributed by atoms with Gasteiger partial charge in [0.05, 0.1) is 6.10 Å². The molecule has 0 bridgehead atoms. The topological polar surface area (TPSA) is 55.5 Å². The third-order valence-corrected chi connectivity index (χ3v) is 4.17. The van der Waals surface area contributed by atoms with Crippen LogP contribution in [0.5, 0.6) is 5.75 Å². The summed E-state index contributed by atoms with van der Waals surface area (Å²) >= 11 is 0. The molecule has 0 spiro atoms. The highest BCUT2D eigenvalue weighted by Gasteiger charge is 2.19. The Kier molecular flexibility index (Phi) is 5.44. The molecule has 2 atom stereocenters. The first-order chi connectivity index (χ1) is 9.56. The summed E-state index contributed by atoms with van der Waals surface area (Å²) in [5.74, 6) is 1.48. The van der Waals surface area contributed by atoms with Gasteiger partial charge in [-0.15, -0.1) is 0 Å². The zero-order valence-electron chi connectivity index (χ0n) is 12.6. The summed E-state index contributed by atoms with van der Waals surface area (Å²) in [5, 5.41) is 10.1. The van der Waals surface area contributed by atoms with Crippen LogP contribution in [-0.2, 0) is 0 Å². The minimum absolute atomic E-state index is 0.0584. The molecule has 0 amide bonds. The van der Waals surface area contributed by atoms with E-state index in [1.807, 2.05) is 26.0 Å². The van der Waals surface area contributed by atoms with Crippen molar-refractivity contribution in [2.24, 2.45) is 11.7 Å². The van der Waals surface area contributed by atoms with E-state index in [0.29, 0.717) is 12.5 Å². The summed E-state index contributed by atoms with van der Waals surface area (Å²) in [6.45, 7) is 4.36. The van der Waals surface area contributed by atoms with Gasteiger partial charge in [-0.1, -0.05) is 43.4 Å². The number of rotatable bonds is 6. The van der Waals surface area contributed by atoms with Gasteiger partial charge in [-0.3, -0.25) is 0 Å². The van der Waals surface area contributed by atoms with E-state index in [1.165, 1.54) is 31.2 Å². The van der Waals surface area contributed by atoms with E-state index in [4.69, 9.17) is 10.5 Å². The van der Waals surface area contributed by atoms with Gasteiger partial charge in [-0.25, -0.2) is 0 Å². The van der Waals surface area contributed by atoms with E-state index in [-0.39, 0.29) is 12.1 Å². The Balaban J connectivity index is 1.89. The molecule has 3 heteroatoms. The molecule has 2 rings (SSSR count). The molecule has 0 radical (unpaired) electrons. The molecule has 1 aromatic rings. The average Bonchev–Trinajstić information content (AvgIpc) is 2.90. The average molecular weight is 277 g/mol. The Bertz CT molecular complexity index is 425. The molecule has 1 aliphatic rings. The fraction of sp³-hybridized carbons (Fsp3) is 0.647. The van der Waals surface area contributed by atoms with E-state index in [2.05, 4.69) is 6.07 Å². The van der Waals surface area contributed by atoms with Gasteiger partial charge in [0.25, 0.3) is 0 Å². The van der Waals surface area contributed by atoms with E-state index in [0.717, 1.165) is 17.7 Å². The van der Waals surface area contributed by atoms with Crippen molar-refractivity contribution < 1.29 is 9.84 Å². The van der Waals surface area contributed by atoms with E-state index >= 15 is 0 Å². The van der Waals surface area contributed by atoms with Crippen molar-refractivity contribution >= 4 is 0 Å². The molecule has 112 valence electrons. The first-order valence-corrected chi connectivity index (χ1v) is 7.73. The molecular weight excluding hydrogens is 250 g/mol. The van der Waals surface area contributed by atoms with Crippen LogP contribution in [0.4, 0.5) is 0 Å². The van der Waals surface area contributed by atoms with Crippen LogP contribution in [0.15, 0.2) is 18.2 Å². The second-order valence-electron chi connectivity index (χ2n) is 6.18. The van der Waals surface area contributed by atoms with Crippen molar-refractivity contribution in [2.45, 2.75) is 58.1 Å². The molecule has 3 N–H and O–H groups in total. The van der Waals surface area contributed by atoms with Gasteiger partial charge < -0.3 is 15.6 Å². The Morgan fingerprint density at radius 2 is 2.05 bits per heavy atom. The monoisotopic (exact) mass is 277 g/mol. The lowest BCUT2D eigenvalue weighted by molar-refractivity contribution is 0.0849. The summed E-state index contributed by atoms with van der Waals surface area (Å²) in [7, 11) is 0. The molecule has 3 nitrogen and oxygen atoms in total. The van der Waals surface area contributed by atoms with Crippen molar-refractivity contribution in [1.82, 2.24) is 0 Å². The predicted octanol–water partition coefficient (Wildman–Crippen LogP) is 3.33. The van der Waals surface area contributed by atoms with E-state index < -0.39 is 0 Å². The molecular formula is C17H27NO2. The van der Waals surface area contributed by atoms with Crippen LogP contribution in [0.2, 0.25) is 0 Å². The number of benzene rings is 1. The van der Waals surface area contributed by atoms with Gasteiger partial charge in [0.2, 0.25) is 0 Å². The lowest BCUT2D eigenvalue weighted by Crippen LogP contribution is -2.21. The third kappa shape index (κ3) is 4.22. The van der Waals surface area contributed by atoms with Gasteiger partial charge in [-0.05, 0) is 32.3 Å². The van der Waals surface area contributed by atoms with Crippen LogP contribution in [-0.4, -0.2) is 17.8 Å². The number of hydrogen-bond acceptors (Lipinski definition) is 3. The van der Waals surface area contributed by atoms with Gasteiger partial charge in [0.15, 0.2) is 0 Å². The number of nitrogens with two attached hydrogens (primary N) is 1. The molecule has 1 saturated carbocycles. The number of ether oxygens (including phenoxy) is 1. The van der Waals surface area contributed by atoms with Crippen LogP contribution in [0.1, 0.15) is 56.2 Å². The Labute approximate surface area is 122 Å². The van der Waals surface area contributed by atoms with Gasteiger partial charge in [0, 0.05) is 11.6 Å². The summed E-state index contributed by atoms with van der Waals surface area (Å²) in [6, 6.07) is 5.97. The summed E-state index contributed by atoms with van der Waals surface area (Å²) < 4.78 is 5.80. The number of hydrogen-bond donors (Lipinski definition) is 2. The predicted molar refractivity (Wildman–Crippen MR) is 81.9 cm³/mol. The van der Waals surface area contributed by atoms with Crippen LogP contribution in [0.25, 0.3) is 0 Å². The third-order valence-electron chi connectivity index (χ3n) is 4.17. The quantitative estimate of drug-likeness (QED) is 0.838. The zero-order chi connectivity index (χ0) is 14.5. The molecule has 1 fully saturated rings. The molecule has 0 saturated heterocycles. The zero-order valence-corrected chi connectivity index (χ0v) is 12.6. The maximum Gasteiger partial charge on any atom is 0.124 e. The highest BCUT2D eigenvalue weighted by atomic mass is 16.5. The first kappa shape index (κ1) is 15.3. The molecule has 0 aliphatic heterocycles. The normalized spacial score (nSPS) is 19.0. The minimum atomic E-state index is -0.375. The van der Waals surface area contributed by atoms with Crippen LogP contribution in [0, 0.1) is 12.8 Å². The first-order valence-electron chi connectivity index (χ1n) is 7.73. The second-order valence-corrected chi connectivity index (χ2v) is 6.18. The summed E-state index contributed by atoms with van der Waals surface area (Å²) in [4.78, 5) is 0. The van der Waals surface area contributed by atoms with Crippen molar-refractivity contribution in [1.29, 1.82) is 0 Å². The SMILES string of the molecule is Cc1ccc(OCC(O)CC2CCCC2)c(C(C)N)c1. The molecule has 20 heavy (non-hydrogen) atoms. The van der Waals surface area contributed by atoms with Gasteiger partial charge >= 0.3 is 0 Å². The highest BCUT2D eigenvalue weighted by Crippen LogP contribution is 2.29. The van der Waals surface area contributed by atoms with Crippen molar-refractivity contribution in [2.75, 3.05) is 6.61 Å². The standard InChI is InChI=1S/C17H27NO2/c1-12-7-8-17(16(9-12)13(2)18)20-11-15(19)10-14-5-3-4-6-14/h7-9,13-15,19H,3-6,10-11,18H2,1-2H3. The molecule has 1 aliphatic carbocycles. The molecule has 0 aromatic heterocycles. The number of aryl methyl sites for hydroxylation is 1. The summed E-state index contributed by atoms with van der Waals surface area (Å²) in [6.07, 6.45) is 5.62. The largest absolute Gasteiger partial charge is 0.491 e. The Hall–Kier alpha value is -1.06. The fourth-order valence-electron chi connectivity index (χ4n) is 3.04. The van der Waals surface area contributed by atoms with Gasteiger partial charge in [-0.2, -0.15) is 0 Å². The van der Waals surface area contributed by atoms with E-state index in [1.54, 1.807) is 0 Å². The molecule has 2 unspecified atom stereocenters. The van der Waals surface area contributed by atoms with Crippen molar-refractivity contribution in [3.63, 3.8) is 0 Å². The molecule has 0 heterocycles. The number of aliphatic hydroxyl groups excluding tert-OH is 1. The maximum atomic E-state index is 10.1. The van der Waals surface area contributed by atoms with Crippen molar-refractivity contribution in [3.8, 4) is 5.75 Å². The van der Waals surface area contributed by atoms with Gasteiger partial charge in [0.1, 0.15) is 12.4 Å². The molecule has 1 aromatic carbocycles. The van der Waals surface area contributed by atoms with Crippen LogP contribution >= 0.6 is 0 Å². The smallest absolute Gasteiger partial charge is 0.124 e. The Morgan fingerprint density at radius 1 is 1.35 bits per heavy atom. The van der Waals surface area contributed by atoms with Crippen molar-refractivity contribution in [3.05, 3.63) is 29.3 Å². The Morgan fingerprint density at radius 3 is 2.70 bits per heavy atom. The van der Waals surface area contributed by atoms with Crippen LogP contribution < -0.4 is 10.5 Å². The maximum absolute atomic E-state index is 10.1. The lowest BCUT2D eigenvalue weighted by atomic mass is 10.0. The van der Waals surface area contributed by atoms with Crippen LogP contribution in [0.3, 0.4) is 0 Å². The van der Waals surface area contributed by atoms with E-state index in [9.17, 15) is 5.11 Å². The minimum Gasteiger partial charge on any atom is -0.491 e. The summed E-state index contributed by atoms with van der Waals surface area (Å²) in [5.41, 5.74) is 8.17. The highest BCUT2D eigenvalue weighted by molar-refractivity contribution is 5.38.